The number of halogens is 1. The molecule has 106 valence electrons. The van der Waals surface area contributed by atoms with Gasteiger partial charge in [0.25, 0.3) is 0 Å². The summed E-state index contributed by atoms with van der Waals surface area (Å²) in [6, 6.07) is 5.28. The molecule has 0 aliphatic carbocycles. The Morgan fingerprint density at radius 1 is 1.15 bits per heavy atom. The summed E-state index contributed by atoms with van der Waals surface area (Å²) in [4.78, 5) is 8.48. The summed E-state index contributed by atoms with van der Waals surface area (Å²) < 4.78 is 5.34. The Morgan fingerprint density at radius 3 is 2.45 bits per heavy atom. The number of nitrogen functional groups attached to an aromatic ring is 2. The van der Waals surface area contributed by atoms with Gasteiger partial charge in [-0.1, -0.05) is 25.4 Å². The second kappa shape index (κ2) is 5.54. The third kappa shape index (κ3) is 2.77. The van der Waals surface area contributed by atoms with E-state index in [4.69, 9.17) is 27.8 Å². The molecule has 0 spiro atoms. The molecule has 1 aromatic carbocycles. The molecule has 0 radical (unpaired) electrons. The van der Waals surface area contributed by atoms with Crippen LogP contribution >= 0.6 is 11.6 Å². The summed E-state index contributed by atoms with van der Waals surface area (Å²) in [7, 11) is 1.57. The molecule has 0 saturated heterocycles. The van der Waals surface area contributed by atoms with E-state index in [2.05, 4.69) is 9.97 Å². The highest BCUT2D eigenvalue weighted by Gasteiger charge is 2.14. The van der Waals surface area contributed by atoms with Gasteiger partial charge < -0.3 is 16.2 Å². The molecule has 6 heteroatoms. The fourth-order valence-electron chi connectivity index (χ4n) is 1.86. The molecule has 0 atom stereocenters. The Bertz CT molecular complexity index is 643. The van der Waals surface area contributed by atoms with Gasteiger partial charge in [0, 0.05) is 17.3 Å². The smallest absolute Gasteiger partial charge is 0.220 e. The molecule has 2 aromatic rings. The Balaban J connectivity index is 2.64. The summed E-state index contributed by atoms with van der Waals surface area (Å²) in [5.74, 6) is 1.07. The number of anilines is 2. The first-order valence-corrected chi connectivity index (χ1v) is 6.58. The van der Waals surface area contributed by atoms with E-state index in [1.165, 1.54) is 0 Å². The zero-order valence-corrected chi connectivity index (χ0v) is 12.4. The van der Waals surface area contributed by atoms with E-state index in [1.54, 1.807) is 19.2 Å². The first-order chi connectivity index (χ1) is 9.42. The van der Waals surface area contributed by atoms with Crippen LogP contribution in [0.15, 0.2) is 18.2 Å². The van der Waals surface area contributed by atoms with Crippen LogP contribution in [0, 0.1) is 0 Å². The topological polar surface area (TPSA) is 87.0 Å². The van der Waals surface area contributed by atoms with Crippen molar-refractivity contribution >= 4 is 23.2 Å². The number of hydrogen-bond donors (Lipinski definition) is 2. The van der Waals surface area contributed by atoms with E-state index >= 15 is 0 Å². The minimum Gasteiger partial charge on any atom is -0.496 e. The van der Waals surface area contributed by atoms with Crippen LogP contribution in [0.4, 0.5) is 11.6 Å². The average Bonchev–Trinajstić information content (AvgIpc) is 2.40. The molecule has 1 heterocycles. The van der Waals surface area contributed by atoms with Crippen LogP contribution in [-0.4, -0.2) is 17.1 Å². The predicted octanol–water partition coefficient (Wildman–Crippen LogP) is 3.09. The monoisotopic (exact) mass is 292 g/mol. The molecular formula is C14H17ClN4O. The summed E-state index contributed by atoms with van der Waals surface area (Å²) in [5.41, 5.74) is 14.3. The summed E-state index contributed by atoms with van der Waals surface area (Å²) in [5, 5.41) is 0.448. The van der Waals surface area contributed by atoms with Gasteiger partial charge in [-0.2, -0.15) is 0 Å². The van der Waals surface area contributed by atoms with Gasteiger partial charge in [-0.25, -0.2) is 9.97 Å². The SMILES string of the molecule is COc1cc(N)c(Cl)cc1-c1cc(C(C)C)nc(N)n1. The van der Waals surface area contributed by atoms with Gasteiger partial charge in [0.05, 0.1) is 23.5 Å². The summed E-state index contributed by atoms with van der Waals surface area (Å²) in [6.45, 7) is 4.08. The van der Waals surface area contributed by atoms with Crippen molar-refractivity contribution in [2.45, 2.75) is 19.8 Å². The highest BCUT2D eigenvalue weighted by atomic mass is 35.5. The van der Waals surface area contributed by atoms with Crippen molar-refractivity contribution in [2.24, 2.45) is 0 Å². The highest BCUT2D eigenvalue weighted by Crippen LogP contribution is 2.36. The van der Waals surface area contributed by atoms with Crippen LogP contribution < -0.4 is 16.2 Å². The van der Waals surface area contributed by atoms with Gasteiger partial charge in [0.2, 0.25) is 5.95 Å². The second-order valence-electron chi connectivity index (χ2n) is 4.76. The Kier molecular flexibility index (Phi) is 3.99. The van der Waals surface area contributed by atoms with Crippen LogP contribution in [0.2, 0.25) is 5.02 Å². The molecule has 0 saturated carbocycles. The molecule has 5 nitrogen and oxygen atoms in total. The third-order valence-corrected chi connectivity index (χ3v) is 3.28. The lowest BCUT2D eigenvalue weighted by atomic mass is 10.1. The largest absolute Gasteiger partial charge is 0.496 e. The third-order valence-electron chi connectivity index (χ3n) is 2.95. The lowest BCUT2D eigenvalue weighted by Gasteiger charge is -2.12. The van der Waals surface area contributed by atoms with Gasteiger partial charge in [0.1, 0.15) is 5.75 Å². The number of methoxy groups -OCH3 is 1. The number of nitrogens with two attached hydrogens (primary N) is 2. The number of hydrogen-bond acceptors (Lipinski definition) is 5. The van der Waals surface area contributed by atoms with Crippen molar-refractivity contribution < 1.29 is 4.74 Å². The minimum atomic E-state index is 0.223. The number of rotatable bonds is 3. The predicted molar refractivity (Wildman–Crippen MR) is 81.9 cm³/mol. The fourth-order valence-corrected chi connectivity index (χ4v) is 2.02. The van der Waals surface area contributed by atoms with Crippen LogP contribution in [0.25, 0.3) is 11.3 Å². The first kappa shape index (κ1) is 14.4. The minimum absolute atomic E-state index is 0.223. The average molecular weight is 293 g/mol. The quantitative estimate of drug-likeness (QED) is 0.849. The van der Waals surface area contributed by atoms with Gasteiger partial charge in [-0.15, -0.1) is 0 Å². The number of aromatic nitrogens is 2. The van der Waals surface area contributed by atoms with Crippen LogP contribution in [0.3, 0.4) is 0 Å². The van der Waals surface area contributed by atoms with Crippen molar-refractivity contribution in [3.05, 3.63) is 28.9 Å². The van der Waals surface area contributed by atoms with E-state index < -0.39 is 0 Å². The van der Waals surface area contributed by atoms with Crippen molar-refractivity contribution in [3.8, 4) is 17.0 Å². The number of ether oxygens (including phenoxy) is 1. The van der Waals surface area contributed by atoms with E-state index in [1.807, 2.05) is 19.9 Å². The molecule has 0 aliphatic heterocycles. The first-order valence-electron chi connectivity index (χ1n) is 6.20. The van der Waals surface area contributed by atoms with Crippen LogP contribution in [-0.2, 0) is 0 Å². The molecule has 0 aliphatic rings. The highest BCUT2D eigenvalue weighted by molar-refractivity contribution is 6.33. The van der Waals surface area contributed by atoms with Crippen molar-refractivity contribution in [1.82, 2.24) is 9.97 Å². The molecule has 4 N–H and O–H groups in total. The van der Waals surface area contributed by atoms with E-state index in [0.717, 1.165) is 11.3 Å². The Morgan fingerprint density at radius 2 is 1.85 bits per heavy atom. The van der Waals surface area contributed by atoms with Gasteiger partial charge >= 0.3 is 0 Å². The fraction of sp³-hybridized carbons (Fsp3) is 0.286. The van der Waals surface area contributed by atoms with Crippen molar-refractivity contribution in [1.29, 1.82) is 0 Å². The standard InChI is InChI=1S/C14H17ClN4O/c1-7(2)11-6-12(19-14(17)18-11)8-4-9(15)10(16)5-13(8)20-3/h4-7H,16H2,1-3H3,(H2,17,18,19). The molecule has 0 amide bonds. The van der Waals surface area contributed by atoms with Gasteiger partial charge in [-0.05, 0) is 18.1 Å². The molecule has 0 unspecified atom stereocenters. The van der Waals surface area contributed by atoms with Gasteiger partial charge in [0.15, 0.2) is 0 Å². The lowest BCUT2D eigenvalue weighted by molar-refractivity contribution is 0.416. The van der Waals surface area contributed by atoms with E-state index in [9.17, 15) is 0 Å². The zero-order chi connectivity index (χ0) is 14.9. The lowest BCUT2D eigenvalue weighted by Crippen LogP contribution is -2.03. The van der Waals surface area contributed by atoms with E-state index in [-0.39, 0.29) is 11.9 Å². The second-order valence-corrected chi connectivity index (χ2v) is 5.17. The normalized spacial score (nSPS) is 10.8. The van der Waals surface area contributed by atoms with Crippen molar-refractivity contribution in [2.75, 3.05) is 18.6 Å². The molecule has 0 fully saturated rings. The number of benzene rings is 1. The Hall–Kier alpha value is -2.01. The maximum Gasteiger partial charge on any atom is 0.220 e. The zero-order valence-electron chi connectivity index (χ0n) is 11.6. The van der Waals surface area contributed by atoms with Crippen LogP contribution in [0.5, 0.6) is 5.75 Å². The molecular weight excluding hydrogens is 276 g/mol. The maximum absolute atomic E-state index is 6.08. The van der Waals surface area contributed by atoms with Crippen molar-refractivity contribution in [3.63, 3.8) is 0 Å². The molecule has 20 heavy (non-hydrogen) atoms. The van der Waals surface area contributed by atoms with Crippen LogP contribution in [0.1, 0.15) is 25.5 Å². The number of nitrogens with zero attached hydrogens (tertiary/aromatic N) is 2. The molecule has 2 rings (SSSR count). The molecule has 1 aromatic heterocycles. The summed E-state index contributed by atoms with van der Waals surface area (Å²) >= 11 is 6.08. The molecule has 0 bridgehead atoms. The van der Waals surface area contributed by atoms with Gasteiger partial charge in [-0.3, -0.25) is 0 Å². The maximum atomic E-state index is 6.08. The van der Waals surface area contributed by atoms with E-state index in [0.29, 0.717) is 22.2 Å². The Labute approximate surface area is 122 Å². The summed E-state index contributed by atoms with van der Waals surface area (Å²) in [6.07, 6.45) is 0.